The lowest BCUT2D eigenvalue weighted by Gasteiger charge is -2.27. The van der Waals surface area contributed by atoms with Crippen LogP contribution in [0, 0.1) is 11.8 Å². The zero-order chi connectivity index (χ0) is 27.8. The predicted molar refractivity (Wildman–Crippen MR) is 141 cm³/mol. The molecule has 11 heteroatoms. The molecule has 0 radical (unpaired) electrons. The number of hydrogen-bond acceptors (Lipinski definition) is 8. The van der Waals surface area contributed by atoms with Gasteiger partial charge in [-0.15, -0.1) is 0 Å². The van der Waals surface area contributed by atoms with Crippen molar-refractivity contribution in [1.82, 2.24) is 20.9 Å². The lowest BCUT2D eigenvalue weighted by molar-refractivity contribution is -0.141. The third kappa shape index (κ3) is 8.01. The Morgan fingerprint density at radius 2 is 1.84 bits per heavy atom. The largest absolute Gasteiger partial charge is 0.441 e. The minimum absolute atomic E-state index is 0.180. The molecule has 1 saturated heterocycles. The number of epoxide rings is 1. The highest BCUT2D eigenvalue weighted by atomic mass is 16.6. The van der Waals surface area contributed by atoms with Gasteiger partial charge >= 0.3 is 5.97 Å². The SMILES string of the molecule is CCN1C=C(C(=O)OCNC(=O)C2OC2C(=O)NC(CC(C)C)C(=O)NCCC(C)C)Cc2ccncc21. The zero-order valence-electron chi connectivity index (χ0n) is 22.8. The predicted octanol–water partition coefficient (Wildman–Crippen LogP) is 1.43. The van der Waals surface area contributed by atoms with Crippen LogP contribution in [0.3, 0.4) is 0 Å². The number of nitrogens with zero attached hydrogens (tertiary/aromatic N) is 2. The highest BCUT2D eigenvalue weighted by Gasteiger charge is 2.51. The molecule has 3 unspecified atom stereocenters. The molecule has 1 aromatic rings. The maximum Gasteiger partial charge on any atom is 0.337 e. The van der Waals surface area contributed by atoms with Crippen molar-refractivity contribution in [3.05, 3.63) is 35.8 Å². The standard InChI is InChI=1S/C27H39N5O6/c1-6-32-14-19(12-18-8-9-28-13-21(18)32)27(36)37-15-30-25(34)22-23(38-22)26(35)31-20(11-17(4)5)24(33)29-10-7-16(2)3/h8-9,13-14,16-17,20,22-23H,6-7,10-12,15H2,1-5H3,(H,29,33)(H,30,34)(H,31,35). The Balaban J connectivity index is 1.44. The molecule has 3 rings (SSSR count). The van der Waals surface area contributed by atoms with E-state index in [4.69, 9.17) is 9.47 Å². The fraction of sp³-hybridized carbons (Fsp3) is 0.593. The summed E-state index contributed by atoms with van der Waals surface area (Å²) in [6.07, 6.45) is 4.87. The van der Waals surface area contributed by atoms with Gasteiger partial charge in [-0.25, -0.2) is 4.79 Å². The molecule has 0 aromatic carbocycles. The molecule has 0 saturated carbocycles. The second kappa shape index (κ2) is 13.4. The Bertz CT molecular complexity index is 1060. The summed E-state index contributed by atoms with van der Waals surface area (Å²) >= 11 is 0. The van der Waals surface area contributed by atoms with Crippen molar-refractivity contribution >= 4 is 29.4 Å². The van der Waals surface area contributed by atoms with E-state index in [1.807, 2.05) is 31.7 Å². The van der Waals surface area contributed by atoms with E-state index in [-0.39, 0.29) is 18.6 Å². The van der Waals surface area contributed by atoms with Crippen molar-refractivity contribution in [2.24, 2.45) is 11.8 Å². The molecule has 3 amide bonds. The smallest absolute Gasteiger partial charge is 0.337 e. The monoisotopic (exact) mass is 529 g/mol. The number of anilines is 1. The minimum Gasteiger partial charge on any atom is -0.441 e. The van der Waals surface area contributed by atoms with Gasteiger partial charge in [0, 0.05) is 31.9 Å². The number of aromatic nitrogens is 1. The maximum absolute atomic E-state index is 12.6. The van der Waals surface area contributed by atoms with Crippen LogP contribution in [-0.4, -0.2) is 66.7 Å². The minimum atomic E-state index is -0.999. The van der Waals surface area contributed by atoms with E-state index in [9.17, 15) is 19.2 Å². The van der Waals surface area contributed by atoms with Crippen LogP contribution in [0.15, 0.2) is 30.2 Å². The molecule has 38 heavy (non-hydrogen) atoms. The summed E-state index contributed by atoms with van der Waals surface area (Å²) in [5.41, 5.74) is 2.37. The summed E-state index contributed by atoms with van der Waals surface area (Å²) < 4.78 is 10.5. The van der Waals surface area contributed by atoms with E-state index in [1.165, 1.54) is 0 Å². The van der Waals surface area contributed by atoms with Crippen molar-refractivity contribution in [1.29, 1.82) is 0 Å². The van der Waals surface area contributed by atoms with Crippen LogP contribution in [0.2, 0.25) is 0 Å². The van der Waals surface area contributed by atoms with E-state index in [2.05, 4.69) is 34.8 Å². The van der Waals surface area contributed by atoms with E-state index in [0.717, 1.165) is 17.7 Å². The fourth-order valence-corrected chi connectivity index (χ4v) is 4.16. The van der Waals surface area contributed by atoms with E-state index < -0.39 is 36.0 Å². The summed E-state index contributed by atoms with van der Waals surface area (Å²) in [6, 6.07) is 1.15. The Kier molecular flexibility index (Phi) is 10.2. The van der Waals surface area contributed by atoms with Gasteiger partial charge in [0.2, 0.25) is 5.91 Å². The number of pyridine rings is 1. The van der Waals surface area contributed by atoms with Gasteiger partial charge in [0.1, 0.15) is 6.04 Å². The molecule has 0 aliphatic carbocycles. The Morgan fingerprint density at radius 1 is 1.11 bits per heavy atom. The molecule has 2 aliphatic rings. The van der Waals surface area contributed by atoms with Crippen molar-refractivity contribution in [2.75, 3.05) is 24.7 Å². The molecule has 1 aromatic heterocycles. The normalized spacial score (nSPS) is 18.8. The van der Waals surface area contributed by atoms with Crippen molar-refractivity contribution in [3.8, 4) is 0 Å². The number of nitrogens with one attached hydrogen (secondary N) is 3. The first kappa shape index (κ1) is 29.1. The van der Waals surface area contributed by atoms with Crippen LogP contribution in [-0.2, 0) is 35.1 Å². The van der Waals surface area contributed by atoms with Gasteiger partial charge in [0.05, 0.1) is 17.5 Å². The quantitative estimate of drug-likeness (QED) is 0.198. The zero-order valence-corrected chi connectivity index (χ0v) is 22.8. The number of carbonyl (C=O) groups excluding carboxylic acids is 4. The molecule has 208 valence electrons. The summed E-state index contributed by atoms with van der Waals surface area (Å²) in [4.78, 5) is 56.3. The van der Waals surface area contributed by atoms with Crippen molar-refractivity contribution in [2.45, 2.75) is 72.1 Å². The van der Waals surface area contributed by atoms with Crippen LogP contribution >= 0.6 is 0 Å². The van der Waals surface area contributed by atoms with Crippen molar-refractivity contribution in [3.63, 3.8) is 0 Å². The van der Waals surface area contributed by atoms with E-state index >= 15 is 0 Å². The number of rotatable bonds is 13. The molecule has 3 heterocycles. The molecule has 0 bridgehead atoms. The molecule has 1 fully saturated rings. The topological polar surface area (TPSA) is 142 Å². The first-order valence-electron chi connectivity index (χ1n) is 13.2. The molecular weight excluding hydrogens is 490 g/mol. The number of hydrogen-bond donors (Lipinski definition) is 3. The summed E-state index contributed by atoms with van der Waals surface area (Å²) in [6.45, 7) is 10.9. The first-order valence-corrected chi connectivity index (χ1v) is 13.2. The Morgan fingerprint density at radius 3 is 2.53 bits per heavy atom. The van der Waals surface area contributed by atoms with Crippen LogP contribution in [0.1, 0.15) is 53.0 Å². The summed E-state index contributed by atoms with van der Waals surface area (Å²) in [5.74, 6) is -1.25. The van der Waals surface area contributed by atoms with Gasteiger partial charge < -0.3 is 30.3 Å². The molecule has 3 N–H and O–H groups in total. The van der Waals surface area contributed by atoms with Gasteiger partial charge in [-0.2, -0.15) is 0 Å². The number of carbonyl (C=O) groups is 4. The number of fused-ring (bicyclic) bond motifs is 1. The third-order valence-corrected chi connectivity index (χ3v) is 6.31. The van der Waals surface area contributed by atoms with Gasteiger partial charge in [-0.05, 0) is 43.2 Å². The van der Waals surface area contributed by atoms with Gasteiger partial charge in [0.15, 0.2) is 18.9 Å². The van der Waals surface area contributed by atoms with E-state index in [0.29, 0.717) is 37.4 Å². The summed E-state index contributed by atoms with van der Waals surface area (Å²) in [5, 5.41) is 8.05. The lowest BCUT2D eigenvalue weighted by Crippen LogP contribution is -2.49. The first-order chi connectivity index (χ1) is 18.1. The van der Waals surface area contributed by atoms with Crippen LogP contribution < -0.4 is 20.9 Å². The maximum atomic E-state index is 12.6. The third-order valence-electron chi connectivity index (χ3n) is 6.31. The highest BCUT2D eigenvalue weighted by Crippen LogP contribution is 2.28. The van der Waals surface area contributed by atoms with Gasteiger partial charge in [-0.3, -0.25) is 19.4 Å². The van der Waals surface area contributed by atoms with E-state index in [1.54, 1.807) is 18.6 Å². The second-order valence-corrected chi connectivity index (χ2v) is 10.4. The Hall–Kier alpha value is -3.47. The average Bonchev–Trinajstić information content (AvgIpc) is 3.68. The van der Waals surface area contributed by atoms with Crippen molar-refractivity contribution < 1.29 is 28.7 Å². The average molecular weight is 530 g/mol. The van der Waals surface area contributed by atoms with Crippen LogP contribution in [0.4, 0.5) is 5.69 Å². The van der Waals surface area contributed by atoms with Crippen LogP contribution in [0.5, 0.6) is 0 Å². The molecule has 3 atom stereocenters. The lowest BCUT2D eigenvalue weighted by atomic mass is 10.0. The number of amides is 3. The fourth-order valence-electron chi connectivity index (χ4n) is 4.16. The number of esters is 1. The number of ether oxygens (including phenoxy) is 2. The molecule has 11 nitrogen and oxygen atoms in total. The van der Waals surface area contributed by atoms with Gasteiger partial charge in [0.25, 0.3) is 11.8 Å². The molecule has 2 aliphatic heterocycles. The highest BCUT2D eigenvalue weighted by molar-refractivity contribution is 5.97. The summed E-state index contributed by atoms with van der Waals surface area (Å²) in [7, 11) is 0. The molecule has 0 spiro atoms. The Labute approximate surface area is 223 Å². The second-order valence-electron chi connectivity index (χ2n) is 10.4. The molecular formula is C27H39N5O6. The van der Waals surface area contributed by atoms with Crippen LogP contribution in [0.25, 0.3) is 0 Å². The van der Waals surface area contributed by atoms with Gasteiger partial charge in [-0.1, -0.05) is 27.7 Å².